The highest BCUT2D eigenvalue weighted by Crippen LogP contribution is 2.07. The summed E-state index contributed by atoms with van der Waals surface area (Å²) >= 11 is 1.72. The minimum Gasteiger partial charge on any atom is -0.352 e. The topological polar surface area (TPSA) is 65.5 Å². The zero-order valence-corrected chi connectivity index (χ0v) is 18.4. The van der Waals surface area contributed by atoms with Gasteiger partial charge < -0.3 is 16.0 Å². The molecule has 0 aliphatic rings. The van der Waals surface area contributed by atoms with Gasteiger partial charge in [0.25, 0.3) is 5.91 Å². The molecule has 0 saturated heterocycles. The average molecular weight is 486 g/mol. The van der Waals surface area contributed by atoms with Crippen LogP contribution in [-0.2, 0) is 13.1 Å². The molecule has 1 aromatic heterocycles. The first kappa shape index (κ1) is 22.4. The lowest BCUT2D eigenvalue weighted by Crippen LogP contribution is -2.36. The maximum atomic E-state index is 12.0. The van der Waals surface area contributed by atoms with E-state index in [0.717, 1.165) is 37.5 Å². The van der Waals surface area contributed by atoms with Gasteiger partial charge in [-0.1, -0.05) is 31.5 Å². The number of carbonyl (C=O) groups excluding carboxylic acids is 1. The van der Waals surface area contributed by atoms with E-state index in [2.05, 4.69) is 39.3 Å². The molecule has 1 amide bonds. The predicted octanol–water partition coefficient (Wildman–Crippen LogP) is 3.76. The molecule has 0 aliphatic carbocycles. The SMILES string of the molecule is CCCCNC(=O)c1ccc(CNC(=NC)NCc2cccs2)cc1.I. The summed E-state index contributed by atoms with van der Waals surface area (Å²) in [6.45, 7) is 4.25. The van der Waals surface area contributed by atoms with Crippen molar-refractivity contribution in [1.29, 1.82) is 0 Å². The van der Waals surface area contributed by atoms with Crippen molar-refractivity contribution < 1.29 is 4.79 Å². The van der Waals surface area contributed by atoms with Crippen LogP contribution in [0, 0.1) is 0 Å². The molecule has 142 valence electrons. The lowest BCUT2D eigenvalue weighted by Gasteiger charge is -2.11. The summed E-state index contributed by atoms with van der Waals surface area (Å²) in [6.07, 6.45) is 2.08. The van der Waals surface area contributed by atoms with Crippen molar-refractivity contribution in [2.75, 3.05) is 13.6 Å². The molecule has 0 radical (unpaired) electrons. The zero-order valence-electron chi connectivity index (χ0n) is 15.2. The number of unbranched alkanes of at least 4 members (excludes halogenated alkanes) is 1. The smallest absolute Gasteiger partial charge is 0.251 e. The molecule has 3 N–H and O–H groups in total. The molecule has 1 heterocycles. The van der Waals surface area contributed by atoms with Crippen LogP contribution in [0.1, 0.15) is 40.6 Å². The Balaban J connectivity index is 0.00000338. The minimum atomic E-state index is -0.0126. The fraction of sp³-hybridized carbons (Fsp3) is 0.368. The lowest BCUT2D eigenvalue weighted by atomic mass is 10.1. The first-order valence-electron chi connectivity index (χ1n) is 8.57. The average Bonchev–Trinajstić information content (AvgIpc) is 3.16. The number of thiophene rings is 1. The molecular weight excluding hydrogens is 459 g/mol. The highest BCUT2D eigenvalue weighted by molar-refractivity contribution is 14.0. The van der Waals surface area contributed by atoms with E-state index in [9.17, 15) is 4.79 Å². The number of benzene rings is 1. The third-order valence-electron chi connectivity index (χ3n) is 3.73. The van der Waals surface area contributed by atoms with E-state index in [-0.39, 0.29) is 29.9 Å². The second-order valence-electron chi connectivity index (χ2n) is 5.67. The highest BCUT2D eigenvalue weighted by atomic mass is 127. The van der Waals surface area contributed by atoms with Gasteiger partial charge in [-0.15, -0.1) is 35.3 Å². The summed E-state index contributed by atoms with van der Waals surface area (Å²) in [6, 6.07) is 11.8. The molecule has 1 aromatic carbocycles. The number of halogens is 1. The van der Waals surface area contributed by atoms with E-state index in [1.165, 1.54) is 4.88 Å². The van der Waals surface area contributed by atoms with E-state index in [0.29, 0.717) is 12.1 Å². The Hall–Kier alpha value is -1.61. The first-order chi connectivity index (χ1) is 12.2. The van der Waals surface area contributed by atoms with Crippen LogP contribution in [-0.4, -0.2) is 25.5 Å². The van der Waals surface area contributed by atoms with E-state index in [4.69, 9.17) is 0 Å². The van der Waals surface area contributed by atoms with Gasteiger partial charge in [0.1, 0.15) is 0 Å². The number of rotatable bonds is 8. The summed E-state index contributed by atoms with van der Waals surface area (Å²) in [5.74, 6) is 0.746. The van der Waals surface area contributed by atoms with Crippen LogP contribution in [0.5, 0.6) is 0 Å². The maximum Gasteiger partial charge on any atom is 0.251 e. The van der Waals surface area contributed by atoms with Crippen molar-refractivity contribution in [2.45, 2.75) is 32.9 Å². The molecule has 2 rings (SSSR count). The Bertz CT molecular complexity index is 671. The Labute approximate surface area is 176 Å². The number of carbonyl (C=O) groups is 1. The first-order valence-corrected chi connectivity index (χ1v) is 9.45. The standard InChI is InChI=1S/C19H26N4OS.HI/c1-3-4-11-21-18(24)16-9-7-15(8-10-16)13-22-19(20-2)23-14-17-6-5-12-25-17;/h5-10,12H,3-4,11,13-14H2,1-2H3,(H,21,24)(H2,20,22,23);1H. The fourth-order valence-corrected chi connectivity index (χ4v) is 2.89. The van der Waals surface area contributed by atoms with Gasteiger partial charge in [-0.05, 0) is 35.6 Å². The molecule has 0 aliphatic heterocycles. The number of nitrogens with zero attached hydrogens (tertiary/aromatic N) is 1. The Morgan fingerprint density at radius 1 is 1.08 bits per heavy atom. The summed E-state index contributed by atoms with van der Waals surface area (Å²) in [5, 5.41) is 11.6. The number of hydrogen-bond donors (Lipinski definition) is 3. The molecule has 0 bridgehead atoms. The normalized spacial score (nSPS) is 10.8. The van der Waals surface area contributed by atoms with Gasteiger partial charge in [0.05, 0.1) is 6.54 Å². The molecule has 2 aromatic rings. The lowest BCUT2D eigenvalue weighted by molar-refractivity contribution is 0.0953. The van der Waals surface area contributed by atoms with Gasteiger partial charge in [0.15, 0.2) is 5.96 Å². The summed E-state index contributed by atoms with van der Waals surface area (Å²) in [5.41, 5.74) is 1.80. The van der Waals surface area contributed by atoms with Crippen LogP contribution in [0.3, 0.4) is 0 Å². The maximum absolute atomic E-state index is 12.0. The summed E-state index contributed by atoms with van der Waals surface area (Å²) < 4.78 is 0. The number of amides is 1. The van der Waals surface area contributed by atoms with Crippen molar-refractivity contribution in [2.24, 2.45) is 4.99 Å². The molecule has 5 nitrogen and oxygen atoms in total. The summed E-state index contributed by atoms with van der Waals surface area (Å²) in [4.78, 5) is 17.5. The van der Waals surface area contributed by atoms with Crippen molar-refractivity contribution in [3.63, 3.8) is 0 Å². The summed E-state index contributed by atoms with van der Waals surface area (Å²) in [7, 11) is 1.76. The van der Waals surface area contributed by atoms with Crippen molar-refractivity contribution in [3.8, 4) is 0 Å². The number of guanidine groups is 1. The van der Waals surface area contributed by atoms with Gasteiger partial charge in [0, 0.05) is 30.6 Å². The van der Waals surface area contributed by atoms with Gasteiger partial charge in [0.2, 0.25) is 0 Å². The minimum absolute atomic E-state index is 0. The van der Waals surface area contributed by atoms with Crippen LogP contribution in [0.2, 0.25) is 0 Å². The van der Waals surface area contributed by atoms with E-state index < -0.39 is 0 Å². The molecule has 0 unspecified atom stereocenters. The van der Waals surface area contributed by atoms with Crippen LogP contribution in [0.15, 0.2) is 46.8 Å². The molecule has 0 spiro atoms. The third kappa shape index (κ3) is 7.74. The van der Waals surface area contributed by atoms with Crippen LogP contribution in [0.25, 0.3) is 0 Å². The van der Waals surface area contributed by atoms with Gasteiger partial charge >= 0.3 is 0 Å². The van der Waals surface area contributed by atoms with E-state index in [1.54, 1.807) is 18.4 Å². The Kier molecular flexibility index (Phi) is 11.0. The van der Waals surface area contributed by atoms with Crippen LogP contribution < -0.4 is 16.0 Å². The van der Waals surface area contributed by atoms with Crippen molar-refractivity contribution >= 4 is 47.2 Å². The highest BCUT2D eigenvalue weighted by Gasteiger charge is 2.05. The van der Waals surface area contributed by atoms with Crippen molar-refractivity contribution in [3.05, 3.63) is 57.8 Å². The largest absolute Gasteiger partial charge is 0.352 e. The molecular formula is C19H27IN4OS. The van der Waals surface area contributed by atoms with Crippen LogP contribution in [0.4, 0.5) is 0 Å². The van der Waals surface area contributed by atoms with Gasteiger partial charge in [-0.3, -0.25) is 9.79 Å². The second-order valence-corrected chi connectivity index (χ2v) is 6.70. The second kappa shape index (κ2) is 12.7. The number of nitrogens with one attached hydrogen (secondary N) is 3. The molecule has 7 heteroatoms. The molecule has 0 saturated carbocycles. The number of aliphatic imine (C=N–C) groups is 1. The monoisotopic (exact) mass is 486 g/mol. The predicted molar refractivity (Wildman–Crippen MR) is 120 cm³/mol. The molecule has 0 fully saturated rings. The Morgan fingerprint density at radius 3 is 2.42 bits per heavy atom. The van der Waals surface area contributed by atoms with Gasteiger partial charge in [-0.25, -0.2) is 0 Å². The van der Waals surface area contributed by atoms with E-state index in [1.807, 2.05) is 30.3 Å². The quantitative estimate of drug-likeness (QED) is 0.231. The molecule has 0 atom stereocenters. The van der Waals surface area contributed by atoms with Gasteiger partial charge in [-0.2, -0.15) is 0 Å². The van der Waals surface area contributed by atoms with Crippen molar-refractivity contribution in [1.82, 2.24) is 16.0 Å². The molecule has 26 heavy (non-hydrogen) atoms. The number of hydrogen-bond acceptors (Lipinski definition) is 3. The fourth-order valence-electron chi connectivity index (χ4n) is 2.25. The van der Waals surface area contributed by atoms with Crippen LogP contribution >= 0.6 is 35.3 Å². The van der Waals surface area contributed by atoms with E-state index >= 15 is 0 Å². The zero-order chi connectivity index (χ0) is 17.9. The Morgan fingerprint density at radius 2 is 1.81 bits per heavy atom. The third-order valence-corrected chi connectivity index (χ3v) is 4.60.